The van der Waals surface area contributed by atoms with E-state index in [1.807, 2.05) is 41.1 Å². The molecule has 0 spiro atoms. The van der Waals surface area contributed by atoms with Crippen molar-refractivity contribution in [3.05, 3.63) is 71.2 Å². The molecule has 0 atom stereocenters. The average Bonchev–Trinajstić information content (AvgIpc) is 3.13. The molecule has 0 amide bonds. The number of para-hydroxylation sites is 1. The minimum atomic E-state index is -0.109. The standard InChI is InChI=1S/C19H19N5O/c1-22-12-8-15(9-13-22)23-14-10-18(25)19(21-23)17-7-11-20-24(17)16-5-3-2-4-6-16/h2-8,10-11,14H,9,12-13H2,1H3. The number of aromatic nitrogens is 4. The van der Waals surface area contributed by atoms with Gasteiger partial charge in [0, 0.05) is 37.5 Å². The first-order valence-corrected chi connectivity index (χ1v) is 8.30. The van der Waals surface area contributed by atoms with Crippen LogP contribution in [-0.4, -0.2) is 44.6 Å². The third-order valence-electron chi connectivity index (χ3n) is 4.38. The van der Waals surface area contributed by atoms with E-state index in [9.17, 15) is 4.79 Å². The maximum Gasteiger partial charge on any atom is 0.209 e. The molecule has 0 unspecified atom stereocenters. The fourth-order valence-electron chi connectivity index (χ4n) is 2.97. The number of hydrogen-bond donors (Lipinski definition) is 0. The summed E-state index contributed by atoms with van der Waals surface area (Å²) in [6.45, 7) is 1.87. The first-order valence-electron chi connectivity index (χ1n) is 8.30. The Kier molecular flexibility index (Phi) is 4.03. The molecule has 1 aliphatic heterocycles. The van der Waals surface area contributed by atoms with Crippen molar-refractivity contribution in [3.8, 4) is 17.1 Å². The van der Waals surface area contributed by atoms with Crippen molar-refractivity contribution in [2.75, 3.05) is 20.1 Å². The number of benzene rings is 1. The van der Waals surface area contributed by atoms with Gasteiger partial charge in [-0.2, -0.15) is 10.2 Å². The van der Waals surface area contributed by atoms with Crippen LogP contribution < -0.4 is 5.43 Å². The molecule has 3 heterocycles. The van der Waals surface area contributed by atoms with E-state index in [0.717, 1.165) is 30.9 Å². The highest BCUT2D eigenvalue weighted by molar-refractivity contribution is 5.58. The molecular weight excluding hydrogens is 314 g/mol. The lowest BCUT2D eigenvalue weighted by molar-refractivity contribution is 0.365. The topological polar surface area (TPSA) is 56.0 Å². The SMILES string of the molecule is CN1CC=C(n2ccc(=O)c(-c3ccnn3-c3ccccc3)n2)CC1. The summed E-state index contributed by atoms with van der Waals surface area (Å²) in [4.78, 5) is 14.7. The number of hydrogen-bond acceptors (Lipinski definition) is 4. The van der Waals surface area contributed by atoms with E-state index in [4.69, 9.17) is 0 Å². The molecule has 0 bridgehead atoms. The molecule has 0 saturated carbocycles. The molecule has 126 valence electrons. The van der Waals surface area contributed by atoms with Crippen LogP contribution in [0.5, 0.6) is 0 Å². The maximum absolute atomic E-state index is 12.4. The monoisotopic (exact) mass is 333 g/mol. The van der Waals surface area contributed by atoms with Gasteiger partial charge in [-0.25, -0.2) is 9.36 Å². The van der Waals surface area contributed by atoms with Crippen molar-refractivity contribution in [1.82, 2.24) is 24.5 Å². The fourth-order valence-corrected chi connectivity index (χ4v) is 2.97. The molecule has 25 heavy (non-hydrogen) atoms. The summed E-state index contributed by atoms with van der Waals surface area (Å²) in [5.74, 6) is 0. The van der Waals surface area contributed by atoms with Crippen LogP contribution in [0.2, 0.25) is 0 Å². The zero-order valence-corrected chi connectivity index (χ0v) is 14.0. The van der Waals surface area contributed by atoms with E-state index in [1.165, 1.54) is 0 Å². The summed E-state index contributed by atoms with van der Waals surface area (Å²) in [7, 11) is 2.09. The van der Waals surface area contributed by atoms with E-state index in [0.29, 0.717) is 11.4 Å². The normalized spacial score (nSPS) is 15.2. The second-order valence-electron chi connectivity index (χ2n) is 6.14. The Morgan fingerprint density at radius 3 is 2.68 bits per heavy atom. The van der Waals surface area contributed by atoms with Gasteiger partial charge in [-0.3, -0.25) is 4.79 Å². The predicted molar refractivity (Wildman–Crippen MR) is 97.4 cm³/mol. The van der Waals surface area contributed by atoms with Crippen molar-refractivity contribution in [1.29, 1.82) is 0 Å². The van der Waals surface area contributed by atoms with Crippen LogP contribution in [-0.2, 0) is 0 Å². The summed E-state index contributed by atoms with van der Waals surface area (Å²) in [5, 5.41) is 8.97. The minimum absolute atomic E-state index is 0.109. The van der Waals surface area contributed by atoms with Crippen molar-refractivity contribution in [2.45, 2.75) is 6.42 Å². The number of likely N-dealkylation sites (N-methyl/N-ethyl adjacent to an activating group) is 1. The van der Waals surface area contributed by atoms with Crippen LogP contribution in [0, 0.1) is 0 Å². The van der Waals surface area contributed by atoms with Gasteiger partial charge in [-0.05, 0) is 31.3 Å². The van der Waals surface area contributed by atoms with E-state index in [1.54, 1.807) is 23.1 Å². The molecule has 0 saturated heterocycles. The molecule has 2 aromatic heterocycles. The Morgan fingerprint density at radius 1 is 1.08 bits per heavy atom. The Labute approximate surface area is 145 Å². The zero-order valence-electron chi connectivity index (χ0n) is 14.0. The van der Waals surface area contributed by atoms with Gasteiger partial charge in [0.2, 0.25) is 5.43 Å². The third-order valence-corrected chi connectivity index (χ3v) is 4.38. The van der Waals surface area contributed by atoms with Gasteiger partial charge in [0.25, 0.3) is 0 Å². The van der Waals surface area contributed by atoms with Crippen molar-refractivity contribution >= 4 is 5.70 Å². The van der Waals surface area contributed by atoms with Crippen molar-refractivity contribution in [2.24, 2.45) is 0 Å². The molecule has 4 rings (SSSR count). The second-order valence-corrected chi connectivity index (χ2v) is 6.14. The Morgan fingerprint density at radius 2 is 1.92 bits per heavy atom. The van der Waals surface area contributed by atoms with Crippen LogP contribution in [0.15, 0.2) is 65.7 Å². The lowest BCUT2D eigenvalue weighted by atomic mass is 10.2. The Balaban J connectivity index is 1.79. The molecule has 6 heteroatoms. The average molecular weight is 333 g/mol. The first kappa shape index (κ1) is 15.5. The van der Waals surface area contributed by atoms with Crippen LogP contribution >= 0.6 is 0 Å². The molecule has 0 radical (unpaired) electrons. The Bertz CT molecular complexity index is 971. The highest BCUT2D eigenvalue weighted by Crippen LogP contribution is 2.19. The molecule has 1 aliphatic rings. The molecule has 1 aromatic carbocycles. The van der Waals surface area contributed by atoms with Gasteiger partial charge >= 0.3 is 0 Å². The molecule has 3 aromatic rings. The van der Waals surface area contributed by atoms with Crippen molar-refractivity contribution in [3.63, 3.8) is 0 Å². The van der Waals surface area contributed by atoms with Crippen LogP contribution in [0.1, 0.15) is 6.42 Å². The number of rotatable bonds is 3. The lowest BCUT2D eigenvalue weighted by Crippen LogP contribution is -2.26. The van der Waals surface area contributed by atoms with E-state index in [2.05, 4.69) is 28.2 Å². The van der Waals surface area contributed by atoms with Crippen LogP contribution in [0.4, 0.5) is 0 Å². The van der Waals surface area contributed by atoms with E-state index in [-0.39, 0.29) is 5.43 Å². The van der Waals surface area contributed by atoms with Crippen LogP contribution in [0.3, 0.4) is 0 Å². The maximum atomic E-state index is 12.4. The minimum Gasteiger partial charge on any atom is -0.302 e. The van der Waals surface area contributed by atoms with Gasteiger partial charge < -0.3 is 4.90 Å². The summed E-state index contributed by atoms with van der Waals surface area (Å²) >= 11 is 0. The van der Waals surface area contributed by atoms with Gasteiger partial charge in [-0.1, -0.05) is 18.2 Å². The molecule has 6 nitrogen and oxygen atoms in total. The van der Waals surface area contributed by atoms with E-state index >= 15 is 0 Å². The highest BCUT2D eigenvalue weighted by Gasteiger charge is 2.15. The first-order chi connectivity index (χ1) is 12.2. The fraction of sp³-hybridized carbons (Fsp3) is 0.211. The second kappa shape index (κ2) is 6.49. The summed E-state index contributed by atoms with van der Waals surface area (Å²) in [6.07, 6.45) is 6.49. The van der Waals surface area contributed by atoms with Gasteiger partial charge in [0.05, 0.1) is 17.6 Å². The van der Waals surface area contributed by atoms with Gasteiger partial charge in [0.15, 0.2) is 5.69 Å². The summed E-state index contributed by atoms with van der Waals surface area (Å²) in [5.41, 5.74) is 3.01. The smallest absolute Gasteiger partial charge is 0.209 e. The molecular formula is C19H19N5O. The molecule has 0 aliphatic carbocycles. The zero-order chi connectivity index (χ0) is 17.2. The number of nitrogens with zero attached hydrogens (tertiary/aromatic N) is 5. The van der Waals surface area contributed by atoms with Crippen molar-refractivity contribution < 1.29 is 0 Å². The largest absolute Gasteiger partial charge is 0.302 e. The molecule has 0 N–H and O–H groups in total. The summed E-state index contributed by atoms with van der Waals surface area (Å²) in [6, 6.07) is 13.2. The highest BCUT2D eigenvalue weighted by atomic mass is 16.1. The molecule has 0 fully saturated rings. The van der Waals surface area contributed by atoms with Crippen LogP contribution in [0.25, 0.3) is 22.8 Å². The van der Waals surface area contributed by atoms with Gasteiger partial charge in [0.1, 0.15) is 0 Å². The van der Waals surface area contributed by atoms with Gasteiger partial charge in [-0.15, -0.1) is 0 Å². The third kappa shape index (κ3) is 3.04. The van der Waals surface area contributed by atoms with E-state index < -0.39 is 0 Å². The Hall–Kier alpha value is -2.99. The summed E-state index contributed by atoms with van der Waals surface area (Å²) < 4.78 is 3.56. The predicted octanol–water partition coefficient (Wildman–Crippen LogP) is 2.27. The lowest BCUT2D eigenvalue weighted by Gasteiger charge is -2.22. The quantitative estimate of drug-likeness (QED) is 0.738.